The molecule has 0 saturated heterocycles. The molecule has 0 amide bonds. The molecule has 1 aliphatic rings. The fraction of sp³-hybridized carbons (Fsp3) is 0.375. The standard InChI is InChI=1S/C16H19N3S/c1-10(11-5-4-6-11)18-15-9-13(16(17)20)12-7-2-3-8-14(12)19-15/h2-3,7-11H,4-6H2,1H3,(H2,17,20)(H,18,19). The molecule has 4 heteroatoms. The number of nitrogens with two attached hydrogens (primary N) is 1. The largest absolute Gasteiger partial charge is 0.389 e. The molecule has 1 saturated carbocycles. The zero-order valence-electron chi connectivity index (χ0n) is 11.6. The van der Waals surface area contributed by atoms with Crippen molar-refractivity contribution in [3.8, 4) is 0 Å². The minimum absolute atomic E-state index is 0.419. The van der Waals surface area contributed by atoms with Crippen molar-refractivity contribution in [2.45, 2.75) is 32.2 Å². The van der Waals surface area contributed by atoms with E-state index in [4.69, 9.17) is 18.0 Å². The zero-order chi connectivity index (χ0) is 14.1. The molecule has 0 bridgehead atoms. The summed E-state index contributed by atoms with van der Waals surface area (Å²) < 4.78 is 0. The molecular weight excluding hydrogens is 266 g/mol. The van der Waals surface area contributed by atoms with Gasteiger partial charge >= 0.3 is 0 Å². The van der Waals surface area contributed by atoms with Crippen LogP contribution in [0.5, 0.6) is 0 Å². The van der Waals surface area contributed by atoms with E-state index in [2.05, 4.69) is 17.2 Å². The summed E-state index contributed by atoms with van der Waals surface area (Å²) >= 11 is 5.17. The van der Waals surface area contributed by atoms with Gasteiger partial charge in [0, 0.05) is 17.0 Å². The normalized spacial score (nSPS) is 16.6. The Morgan fingerprint density at radius 2 is 2.15 bits per heavy atom. The molecule has 1 aromatic heterocycles. The van der Waals surface area contributed by atoms with Gasteiger partial charge in [0.15, 0.2) is 0 Å². The molecule has 104 valence electrons. The van der Waals surface area contributed by atoms with Crippen molar-refractivity contribution in [3.05, 3.63) is 35.9 Å². The summed E-state index contributed by atoms with van der Waals surface area (Å²) in [7, 11) is 0. The highest BCUT2D eigenvalue weighted by molar-refractivity contribution is 7.80. The lowest BCUT2D eigenvalue weighted by molar-refractivity contribution is 0.285. The monoisotopic (exact) mass is 285 g/mol. The Kier molecular flexibility index (Phi) is 3.57. The number of hydrogen-bond acceptors (Lipinski definition) is 3. The SMILES string of the molecule is CC(Nc1cc(C(N)=S)c2ccccc2n1)C1CCC1. The number of nitrogens with zero attached hydrogens (tertiary/aromatic N) is 1. The van der Waals surface area contributed by atoms with Crippen LogP contribution < -0.4 is 11.1 Å². The Balaban J connectivity index is 1.96. The molecule has 1 aromatic carbocycles. The number of aromatic nitrogens is 1. The van der Waals surface area contributed by atoms with Crippen LogP contribution in [0.25, 0.3) is 10.9 Å². The van der Waals surface area contributed by atoms with Gasteiger partial charge in [-0.05, 0) is 37.8 Å². The van der Waals surface area contributed by atoms with Gasteiger partial charge in [0.2, 0.25) is 0 Å². The lowest BCUT2D eigenvalue weighted by atomic mass is 9.80. The predicted molar refractivity (Wildman–Crippen MR) is 88.1 cm³/mol. The Morgan fingerprint density at radius 1 is 1.40 bits per heavy atom. The van der Waals surface area contributed by atoms with Crippen molar-refractivity contribution in [1.29, 1.82) is 0 Å². The van der Waals surface area contributed by atoms with E-state index in [9.17, 15) is 0 Å². The highest BCUT2D eigenvalue weighted by Gasteiger charge is 2.24. The lowest BCUT2D eigenvalue weighted by Crippen LogP contribution is -2.31. The molecule has 0 aliphatic heterocycles. The summed E-state index contributed by atoms with van der Waals surface area (Å²) in [4.78, 5) is 5.09. The highest BCUT2D eigenvalue weighted by Crippen LogP contribution is 2.31. The number of fused-ring (bicyclic) bond motifs is 1. The molecule has 1 aliphatic carbocycles. The quantitative estimate of drug-likeness (QED) is 0.845. The van der Waals surface area contributed by atoms with Gasteiger partial charge in [0.25, 0.3) is 0 Å². The zero-order valence-corrected chi connectivity index (χ0v) is 12.4. The summed E-state index contributed by atoms with van der Waals surface area (Å²) in [6, 6.07) is 10.4. The van der Waals surface area contributed by atoms with Crippen LogP contribution in [0.2, 0.25) is 0 Å². The van der Waals surface area contributed by atoms with Gasteiger partial charge in [-0.1, -0.05) is 36.8 Å². The molecule has 0 spiro atoms. The first-order chi connectivity index (χ1) is 9.65. The van der Waals surface area contributed by atoms with E-state index in [-0.39, 0.29) is 0 Å². The number of pyridine rings is 1. The van der Waals surface area contributed by atoms with Gasteiger partial charge in [-0.25, -0.2) is 4.98 Å². The molecule has 1 unspecified atom stereocenters. The third-order valence-corrected chi connectivity index (χ3v) is 4.43. The Hall–Kier alpha value is -1.68. The van der Waals surface area contributed by atoms with Crippen molar-refractivity contribution in [2.75, 3.05) is 5.32 Å². The van der Waals surface area contributed by atoms with E-state index < -0.39 is 0 Å². The van der Waals surface area contributed by atoms with E-state index in [0.29, 0.717) is 11.0 Å². The number of anilines is 1. The van der Waals surface area contributed by atoms with Gasteiger partial charge in [-0.15, -0.1) is 0 Å². The number of thiocarbonyl (C=S) groups is 1. The molecular formula is C16H19N3S. The van der Waals surface area contributed by atoms with Crippen molar-refractivity contribution >= 4 is 33.9 Å². The van der Waals surface area contributed by atoms with Gasteiger partial charge in [0.05, 0.1) is 5.52 Å². The van der Waals surface area contributed by atoms with E-state index in [1.807, 2.05) is 30.3 Å². The van der Waals surface area contributed by atoms with E-state index >= 15 is 0 Å². The molecule has 3 N–H and O–H groups in total. The van der Waals surface area contributed by atoms with Crippen molar-refractivity contribution in [1.82, 2.24) is 4.98 Å². The average Bonchev–Trinajstić information content (AvgIpc) is 2.35. The second kappa shape index (κ2) is 5.37. The first-order valence-electron chi connectivity index (χ1n) is 7.11. The molecule has 1 fully saturated rings. The number of benzene rings is 1. The maximum absolute atomic E-state index is 5.85. The Bertz CT molecular complexity index is 649. The van der Waals surface area contributed by atoms with Gasteiger partial charge in [0.1, 0.15) is 10.8 Å². The van der Waals surface area contributed by atoms with Crippen LogP contribution in [0.15, 0.2) is 30.3 Å². The van der Waals surface area contributed by atoms with Crippen LogP contribution >= 0.6 is 12.2 Å². The van der Waals surface area contributed by atoms with E-state index in [0.717, 1.165) is 28.2 Å². The van der Waals surface area contributed by atoms with Crippen LogP contribution in [0.1, 0.15) is 31.7 Å². The van der Waals surface area contributed by atoms with Gasteiger partial charge < -0.3 is 11.1 Å². The predicted octanol–water partition coefficient (Wildman–Crippen LogP) is 3.47. The molecule has 1 atom stereocenters. The fourth-order valence-corrected chi connectivity index (χ4v) is 2.91. The number of rotatable bonds is 4. The van der Waals surface area contributed by atoms with Crippen molar-refractivity contribution < 1.29 is 0 Å². The molecule has 3 nitrogen and oxygen atoms in total. The fourth-order valence-electron chi connectivity index (χ4n) is 2.74. The molecule has 20 heavy (non-hydrogen) atoms. The molecule has 2 aromatic rings. The maximum Gasteiger partial charge on any atom is 0.127 e. The highest BCUT2D eigenvalue weighted by atomic mass is 32.1. The Labute approximate surface area is 124 Å². The lowest BCUT2D eigenvalue weighted by Gasteiger charge is -2.32. The number of hydrogen-bond donors (Lipinski definition) is 2. The third kappa shape index (κ3) is 2.48. The summed E-state index contributed by atoms with van der Waals surface area (Å²) in [6.07, 6.45) is 3.97. The molecule has 0 radical (unpaired) electrons. The molecule has 1 heterocycles. The summed E-state index contributed by atoms with van der Waals surface area (Å²) in [5.74, 6) is 1.63. The maximum atomic E-state index is 5.85. The smallest absolute Gasteiger partial charge is 0.127 e. The van der Waals surface area contributed by atoms with Crippen molar-refractivity contribution in [3.63, 3.8) is 0 Å². The number of para-hydroxylation sites is 1. The topological polar surface area (TPSA) is 50.9 Å². The van der Waals surface area contributed by atoms with Crippen LogP contribution in [0.4, 0.5) is 5.82 Å². The van der Waals surface area contributed by atoms with Crippen molar-refractivity contribution in [2.24, 2.45) is 11.7 Å². The van der Waals surface area contributed by atoms with E-state index in [1.54, 1.807) is 0 Å². The minimum atomic E-state index is 0.419. The van der Waals surface area contributed by atoms with E-state index in [1.165, 1.54) is 19.3 Å². The summed E-state index contributed by atoms with van der Waals surface area (Å²) in [5, 5.41) is 4.52. The third-order valence-electron chi connectivity index (χ3n) is 4.21. The second-order valence-electron chi connectivity index (χ2n) is 5.56. The second-order valence-corrected chi connectivity index (χ2v) is 6.00. The average molecular weight is 285 g/mol. The Morgan fingerprint density at radius 3 is 2.80 bits per heavy atom. The van der Waals surface area contributed by atoms with Gasteiger partial charge in [-0.2, -0.15) is 0 Å². The van der Waals surface area contributed by atoms with Crippen LogP contribution in [0, 0.1) is 5.92 Å². The van der Waals surface area contributed by atoms with Gasteiger partial charge in [-0.3, -0.25) is 0 Å². The molecule has 3 rings (SSSR count). The number of nitrogens with one attached hydrogen (secondary N) is 1. The summed E-state index contributed by atoms with van der Waals surface area (Å²) in [5.41, 5.74) is 7.68. The summed E-state index contributed by atoms with van der Waals surface area (Å²) in [6.45, 7) is 2.22. The first-order valence-corrected chi connectivity index (χ1v) is 7.52. The van der Waals surface area contributed by atoms with Crippen LogP contribution in [-0.4, -0.2) is 16.0 Å². The minimum Gasteiger partial charge on any atom is -0.389 e. The van der Waals surface area contributed by atoms with Crippen LogP contribution in [-0.2, 0) is 0 Å². The van der Waals surface area contributed by atoms with Crippen LogP contribution in [0.3, 0.4) is 0 Å². The first kappa shape index (κ1) is 13.3.